The van der Waals surface area contributed by atoms with Crippen LogP contribution in [-0.2, 0) is 21.6 Å². The molecule has 0 saturated carbocycles. The Hall–Kier alpha value is -1.30. The lowest BCUT2D eigenvalue weighted by Gasteiger charge is -2.09. The van der Waals surface area contributed by atoms with Gasteiger partial charge in [-0.25, -0.2) is 13.2 Å². The van der Waals surface area contributed by atoms with Crippen molar-refractivity contribution in [2.45, 2.75) is 24.1 Å². The molecule has 0 saturated heterocycles. The average Bonchev–Trinajstić information content (AvgIpc) is 2.59. The van der Waals surface area contributed by atoms with E-state index in [9.17, 15) is 13.2 Å². The Morgan fingerprint density at radius 2 is 1.94 bits per heavy atom. The maximum Gasteiger partial charge on any atom is 0.354 e. The van der Waals surface area contributed by atoms with Crippen molar-refractivity contribution in [2.75, 3.05) is 7.11 Å². The van der Waals surface area contributed by atoms with Crippen molar-refractivity contribution < 1.29 is 17.9 Å². The van der Waals surface area contributed by atoms with Gasteiger partial charge in [-0.2, -0.15) is 0 Å². The summed E-state index contributed by atoms with van der Waals surface area (Å²) in [5.74, 6) is -0.548. The highest BCUT2D eigenvalue weighted by Gasteiger charge is 2.25. The highest BCUT2D eigenvalue weighted by molar-refractivity contribution is 7.92. The number of carbonyl (C=O) groups is 1. The van der Waals surface area contributed by atoms with Crippen LogP contribution in [0.1, 0.15) is 24.3 Å². The van der Waals surface area contributed by atoms with Crippen LogP contribution in [0.15, 0.2) is 17.2 Å². The van der Waals surface area contributed by atoms with Gasteiger partial charge in [0, 0.05) is 7.05 Å². The summed E-state index contributed by atoms with van der Waals surface area (Å²) >= 11 is 0. The Labute approximate surface area is 94.9 Å². The topological polar surface area (TPSA) is 65.4 Å². The van der Waals surface area contributed by atoms with Crippen molar-refractivity contribution in [2.24, 2.45) is 7.05 Å². The third-order valence-corrected chi connectivity index (χ3v) is 4.62. The summed E-state index contributed by atoms with van der Waals surface area (Å²) in [5.41, 5.74) is 0.224. The van der Waals surface area contributed by atoms with Crippen LogP contribution in [0, 0.1) is 0 Å². The van der Waals surface area contributed by atoms with Crippen LogP contribution in [0.3, 0.4) is 0 Å². The minimum atomic E-state index is -3.37. The maximum absolute atomic E-state index is 11.9. The van der Waals surface area contributed by atoms with Crippen molar-refractivity contribution in [3.63, 3.8) is 0 Å². The molecule has 0 aliphatic rings. The van der Waals surface area contributed by atoms with Gasteiger partial charge in [0.05, 0.1) is 12.4 Å². The normalized spacial score (nSPS) is 11.8. The van der Waals surface area contributed by atoms with Crippen LogP contribution in [0.5, 0.6) is 0 Å². The first-order chi connectivity index (χ1) is 7.32. The zero-order valence-corrected chi connectivity index (χ0v) is 10.5. The number of sulfone groups is 1. The van der Waals surface area contributed by atoms with E-state index in [1.54, 1.807) is 13.8 Å². The molecule has 0 N–H and O–H groups in total. The van der Waals surface area contributed by atoms with Gasteiger partial charge in [-0.05, 0) is 26.0 Å². The summed E-state index contributed by atoms with van der Waals surface area (Å²) < 4.78 is 29.7. The largest absolute Gasteiger partial charge is 0.464 e. The summed E-state index contributed by atoms with van der Waals surface area (Å²) in [6.45, 7) is 3.19. The number of aromatic nitrogens is 1. The van der Waals surface area contributed by atoms with Crippen LogP contribution in [-0.4, -0.2) is 31.3 Å². The molecule has 1 aromatic rings. The molecule has 1 aromatic heterocycles. The molecule has 90 valence electrons. The van der Waals surface area contributed by atoms with Crippen LogP contribution in [0.25, 0.3) is 0 Å². The van der Waals surface area contributed by atoms with E-state index in [-0.39, 0.29) is 10.7 Å². The maximum atomic E-state index is 11.9. The first-order valence-electron chi connectivity index (χ1n) is 4.80. The van der Waals surface area contributed by atoms with Gasteiger partial charge in [0.25, 0.3) is 0 Å². The molecule has 16 heavy (non-hydrogen) atoms. The van der Waals surface area contributed by atoms with E-state index in [1.807, 2.05) is 0 Å². The fourth-order valence-electron chi connectivity index (χ4n) is 1.33. The number of rotatable bonds is 3. The van der Waals surface area contributed by atoms with Crippen LogP contribution in [0.4, 0.5) is 0 Å². The van der Waals surface area contributed by atoms with E-state index in [2.05, 4.69) is 4.74 Å². The monoisotopic (exact) mass is 245 g/mol. The standard InChI is InChI=1S/C10H15NO4S/c1-7(2)16(13,14)9-6-5-8(11(9)3)10(12)15-4/h5-7H,1-4H3. The number of carbonyl (C=O) groups excluding carboxylic acids is 1. The van der Waals surface area contributed by atoms with Gasteiger partial charge < -0.3 is 9.30 Å². The highest BCUT2D eigenvalue weighted by atomic mass is 32.2. The molecule has 1 rings (SSSR count). The van der Waals surface area contributed by atoms with E-state index in [0.717, 1.165) is 0 Å². The summed E-state index contributed by atoms with van der Waals surface area (Å²) in [7, 11) is -0.588. The molecule has 0 fully saturated rings. The molecule has 0 amide bonds. The zero-order valence-electron chi connectivity index (χ0n) is 9.72. The third kappa shape index (κ3) is 1.97. The van der Waals surface area contributed by atoms with E-state index < -0.39 is 21.1 Å². The minimum Gasteiger partial charge on any atom is -0.464 e. The molecule has 5 nitrogen and oxygen atoms in total. The van der Waals surface area contributed by atoms with E-state index in [0.29, 0.717) is 0 Å². The van der Waals surface area contributed by atoms with Gasteiger partial charge >= 0.3 is 5.97 Å². The molecule has 0 atom stereocenters. The molecule has 0 radical (unpaired) electrons. The summed E-state index contributed by atoms with van der Waals surface area (Å²) in [5, 5.41) is -0.394. The Bertz CT molecular complexity index is 499. The second-order valence-electron chi connectivity index (χ2n) is 3.70. The lowest BCUT2D eigenvalue weighted by atomic mass is 10.4. The first kappa shape index (κ1) is 12.8. The highest BCUT2D eigenvalue weighted by Crippen LogP contribution is 2.18. The number of hydrogen-bond acceptors (Lipinski definition) is 4. The minimum absolute atomic E-state index is 0.128. The quantitative estimate of drug-likeness (QED) is 0.745. The Kier molecular flexibility index (Phi) is 3.42. The van der Waals surface area contributed by atoms with Crippen molar-refractivity contribution in [3.05, 3.63) is 17.8 Å². The van der Waals surface area contributed by atoms with Crippen molar-refractivity contribution in [1.29, 1.82) is 0 Å². The summed E-state index contributed by atoms with van der Waals surface area (Å²) in [6.07, 6.45) is 0. The fourth-order valence-corrected chi connectivity index (χ4v) is 2.55. The second kappa shape index (κ2) is 4.29. The molecule has 0 spiro atoms. The molecule has 6 heteroatoms. The Morgan fingerprint density at radius 3 is 2.38 bits per heavy atom. The number of hydrogen-bond donors (Lipinski definition) is 0. The molecule has 0 aliphatic heterocycles. The fraction of sp³-hybridized carbons (Fsp3) is 0.500. The molecule has 1 heterocycles. The van der Waals surface area contributed by atoms with Gasteiger partial charge in [0.15, 0.2) is 9.84 Å². The van der Waals surface area contributed by atoms with Gasteiger partial charge in [-0.15, -0.1) is 0 Å². The number of esters is 1. The molecule has 0 bridgehead atoms. The third-order valence-electron chi connectivity index (χ3n) is 2.38. The van der Waals surface area contributed by atoms with E-state index >= 15 is 0 Å². The smallest absolute Gasteiger partial charge is 0.354 e. The SMILES string of the molecule is COC(=O)c1ccc(S(=O)(=O)C(C)C)n1C. The van der Waals surface area contributed by atoms with Crippen molar-refractivity contribution in [3.8, 4) is 0 Å². The molecule has 0 unspecified atom stereocenters. The molecule has 0 aliphatic carbocycles. The van der Waals surface area contributed by atoms with Gasteiger partial charge in [-0.1, -0.05) is 0 Å². The number of nitrogens with zero attached hydrogens (tertiary/aromatic N) is 1. The van der Waals surface area contributed by atoms with Crippen molar-refractivity contribution in [1.82, 2.24) is 4.57 Å². The predicted octanol–water partition coefficient (Wildman–Crippen LogP) is 0.994. The number of ether oxygens (including phenoxy) is 1. The van der Waals surface area contributed by atoms with Crippen LogP contribution in [0.2, 0.25) is 0 Å². The average molecular weight is 245 g/mol. The predicted molar refractivity (Wildman–Crippen MR) is 59.1 cm³/mol. The van der Waals surface area contributed by atoms with Crippen molar-refractivity contribution >= 4 is 15.8 Å². The molecular weight excluding hydrogens is 230 g/mol. The summed E-state index contributed by atoms with van der Waals surface area (Å²) in [6, 6.07) is 2.86. The van der Waals surface area contributed by atoms with E-state index in [4.69, 9.17) is 0 Å². The van der Waals surface area contributed by atoms with Crippen LogP contribution < -0.4 is 0 Å². The van der Waals surface area contributed by atoms with Gasteiger partial charge in [-0.3, -0.25) is 0 Å². The zero-order chi connectivity index (χ0) is 12.5. The number of methoxy groups -OCH3 is 1. The van der Waals surface area contributed by atoms with Gasteiger partial charge in [0.2, 0.25) is 0 Å². The van der Waals surface area contributed by atoms with E-state index in [1.165, 1.54) is 30.9 Å². The lowest BCUT2D eigenvalue weighted by Crippen LogP contribution is -2.19. The molecule has 0 aromatic carbocycles. The Morgan fingerprint density at radius 1 is 1.38 bits per heavy atom. The lowest BCUT2D eigenvalue weighted by molar-refractivity contribution is 0.0589. The first-order valence-corrected chi connectivity index (χ1v) is 6.35. The van der Waals surface area contributed by atoms with Crippen LogP contribution >= 0.6 is 0 Å². The molecular formula is C10H15NO4S. The van der Waals surface area contributed by atoms with Gasteiger partial charge in [0.1, 0.15) is 10.7 Å². The summed E-state index contributed by atoms with van der Waals surface area (Å²) in [4.78, 5) is 11.3. The second-order valence-corrected chi connectivity index (χ2v) is 6.15. The Balaban J connectivity index is 3.31.